The average molecular weight is 394 g/mol. The number of benzene rings is 1. The molecule has 1 atom stereocenters. The summed E-state index contributed by atoms with van der Waals surface area (Å²) in [5.41, 5.74) is 1.43. The molecule has 2 N–H and O–H groups in total. The smallest absolute Gasteiger partial charge is 0.337 e. The molecule has 0 aliphatic heterocycles. The summed E-state index contributed by atoms with van der Waals surface area (Å²) >= 11 is 0. The summed E-state index contributed by atoms with van der Waals surface area (Å²) in [6.07, 6.45) is 2.45. The second-order valence-electron chi connectivity index (χ2n) is 6.55. The maximum absolute atomic E-state index is 12.9. The highest BCUT2D eigenvalue weighted by Crippen LogP contribution is 2.17. The number of hydrogen-bond donors (Lipinski definition) is 2. The van der Waals surface area contributed by atoms with Crippen LogP contribution in [0.1, 0.15) is 51.7 Å². The molecule has 150 valence electrons. The second kappa shape index (κ2) is 8.55. The molecular weight excluding hydrogens is 372 g/mol. The van der Waals surface area contributed by atoms with Crippen LogP contribution in [0.15, 0.2) is 48.7 Å². The summed E-state index contributed by atoms with van der Waals surface area (Å²) in [4.78, 5) is 41.4. The Labute approximate surface area is 167 Å². The summed E-state index contributed by atoms with van der Waals surface area (Å²) in [7, 11) is 1.29. The molecule has 8 nitrogen and oxygen atoms in total. The van der Waals surface area contributed by atoms with Crippen LogP contribution in [0.5, 0.6) is 0 Å². The minimum absolute atomic E-state index is 0.0127. The molecule has 0 aliphatic rings. The second-order valence-corrected chi connectivity index (χ2v) is 6.55. The molecule has 1 unspecified atom stereocenters. The molecule has 0 bridgehead atoms. The van der Waals surface area contributed by atoms with Crippen molar-refractivity contribution in [2.45, 2.75) is 26.3 Å². The summed E-state index contributed by atoms with van der Waals surface area (Å²) < 4.78 is 6.26. The summed E-state index contributed by atoms with van der Waals surface area (Å²) in [6, 6.07) is 11.6. The molecule has 8 heteroatoms. The van der Waals surface area contributed by atoms with Crippen LogP contribution in [0.4, 0.5) is 5.69 Å². The fourth-order valence-corrected chi connectivity index (χ4v) is 2.79. The molecule has 1 aromatic carbocycles. The first-order valence-corrected chi connectivity index (χ1v) is 9.22. The number of anilines is 1. The van der Waals surface area contributed by atoms with Gasteiger partial charge in [0.25, 0.3) is 11.8 Å². The van der Waals surface area contributed by atoms with E-state index in [9.17, 15) is 14.4 Å². The molecule has 0 spiro atoms. The minimum atomic E-state index is -0.504. The summed E-state index contributed by atoms with van der Waals surface area (Å²) in [5.74, 6) is -1.28. The lowest BCUT2D eigenvalue weighted by atomic mass is 10.2. The zero-order valence-corrected chi connectivity index (χ0v) is 16.4. The Balaban J connectivity index is 1.93. The van der Waals surface area contributed by atoms with Gasteiger partial charge in [-0.3, -0.25) is 14.0 Å². The maximum Gasteiger partial charge on any atom is 0.337 e. The lowest BCUT2D eigenvalue weighted by Crippen LogP contribution is -2.32. The zero-order chi connectivity index (χ0) is 21.0. The van der Waals surface area contributed by atoms with E-state index < -0.39 is 11.9 Å². The fourth-order valence-electron chi connectivity index (χ4n) is 2.79. The van der Waals surface area contributed by atoms with Gasteiger partial charge in [0.2, 0.25) is 5.82 Å². The topological polar surface area (TPSA) is 102 Å². The molecule has 29 heavy (non-hydrogen) atoms. The predicted molar refractivity (Wildman–Crippen MR) is 108 cm³/mol. The molecule has 3 rings (SSSR count). The Kier molecular flexibility index (Phi) is 5.92. The van der Waals surface area contributed by atoms with Crippen LogP contribution in [0.25, 0.3) is 5.52 Å². The largest absolute Gasteiger partial charge is 0.465 e. The molecule has 0 aliphatic carbocycles. The van der Waals surface area contributed by atoms with Gasteiger partial charge in [0.05, 0.1) is 18.2 Å². The van der Waals surface area contributed by atoms with Crippen LogP contribution in [0.3, 0.4) is 0 Å². The molecule has 2 amide bonds. The molecule has 0 radical (unpaired) electrons. The van der Waals surface area contributed by atoms with Crippen molar-refractivity contribution in [3.05, 3.63) is 65.7 Å². The van der Waals surface area contributed by atoms with Crippen LogP contribution in [0, 0.1) is 0 Å². The van der Waals surface area contributed by atoms with Gasteiger partial charge in [0.1, 0.15) is 0 Å². The predicted octanol–water partition coefficient (Wildman–Crippen LogP) is 2.90. The van der Waals surface area contributed by atoms with Crippen LogP contribution < -0.4 is 10.6 Å². The number of rotatable bonds is 6. The van der Waals surface area contributed by atoms with E-state index in [0.29, 0.717) is 16.8 Å². The summed E-state index contributed by atoms with van der Waals surface area (Å²) in [5, 5.41) is 5.58. The first-order valence-electron chi connectivity index (χ1n) is 9.22. The Morgan fingerprint density at radius 3 is 2.66 bits per heavy atom. The van der Waals surface area contributed by atoms with Gasteiger partial charge in [-0.1, -0.05) is 19.1 Å². The number of carbonyl (C=O) groups is 3. The maximum atomic E-state index is 12.9. The van der Waals surface area contributed by atoms with Crippen molar-refractivity contribution in [3.63, 3.8) is 0 Å². The molecule has 0 saturated carbocycles. The van der Waals surface area contributed by atoms with Gasteiger partial charge in [-0.25, -0.2) is 9.78 Å². The first kappa shape index (κ1) is 20.1. The van der Waals surface area contributed by atoms with Crippen LogP contribution in [-0.2, 0) is 4.74 Å². The third-order valence-corrected chi connectivity index (χ3v) is 4.50. The van der Waals surface area contributed by atoms with Crippen molar-refractivity contribution >= 4 is 29.0 Å². The number of imidazole rings is 1. The number of pyridine rings is 1. The fraction of sp³-hybridized carbons (Fsp3) is 0.238. The molecule has 3 aromatic rings. The van der Waals surface area contributed by atoms with Crippen LogP contribution >= 0.6 is 0 Å². The molecule has 2 heterocycles. The van der Waals surface area contributed by atoms with Crippen LogP contribution in [-0.4, -0.2) is 40.3 Å². The van der Waals surface area contributed by atoms with Gasteiger partial charge < -0.3 is 15.4 Å². The molecule has 2 aromatic heterocycles. The van der Waals surface area contributed by atoms with Gasteiger partial charge in [-0.2, -0.15) is 0 Å². The lowest BCUT2D eigenvalue weighted by molar-refractivity contribution is 0.0600. The van der Waals surface area contributed by atoms with Crippen molar-refractivity contribution in [1.29, 1.82) is 0 Å². The molecule has 0 fully saturated rings. The quantitative estimate of drug-likeness (QED) is 0.626. The number of fused-ring (bicyclic) bond motifs is 1. The standard InChI is InChI=1S/C21H22N4O4/c1-4-13(2)22-19(26)17-16-10-5-6-11-25(16)18(24-17)20(27)23-15-9-7-8-14(12-15)21(28)29-3/h5-13H,4H2,1-3H3,(H,22,26)(H,23,27). The number of amides is 2. The molecule has 0 saturated heterocycles. The van der Waals surface area contributed by atoms with E-state index in [0.717, 1.165) is 6.42 Å². The SMILES string of the molecule is CCC(C)NC(=O)c1nc(C(=O)Nc2cccc(C(=O)OC)c2)n2ccccc12. The Bertz CT molecular complexity index is 1070. The Morgan fingerprint density at radius 1 is 1.14 bits per heavy atom. The van der Waals surface area contributed by atoms with Gasteiger partial charge in [-0.15, -0.1) is 0 Å². The Hall–Kier alpha value is -3.68. The number of esters is 1. The highest BCUT2D eigenvalue weighted by atomic mass is 16.5. The number of carbonyl (C=O) groups excluding carboxylic acids is 3. The van der Waals surface area contributed by atoms with Crippen LogP contribution in [0.2, 0.25) is 0 Å². The normalized spacial score (nSPS) is 11.7. The lowest BCUT2D eigenvalue weighted by Gasteiger charge is -2.09. The zero-order valence-electron chi connectivity index (χ0n) is 16.4. The van der Waals surface area contributed by atoms with Crippen molar-refractivity contribution in [2.24, 2.45) is 0 Å². The highest BCUT2D eigenvalue weighted by molar-refractivity contribution is 6.06. The van der Waals surface area contributed by atoms with Gasteiger partial charge in [0, 0.05) is 17.9 Å². The van der Waals surface area contributed by atoms with Crippen molar-refractivity contribution in [1.82, 2.24) is 14.7 Å². The van der Waals surface area contributed by atoms with Gasteiger partial charge in [0.15, 0.2) is 5.69 Å². The van der Waals surface area contributed by atoms with E-state index in [2.05, 4.69) is 15.6 Å². The van der Waals surface area contributed by atoms with Crippen molar-refractivity contribution in [3.8, 4) is 0 Å². The van der Waals surface area contributed by atoms with E-state index >= 15 is 0 Å². The van der Waals surface area contributed by atoms with Gasteiger partial charge in [-0.05, 0) is 43.7 Å². The van der Waals surface area contributed by atoms with E-state index in [1.807, 2.05) is 13.8 Å². The van der Waals surface area contributed by atoms with Crippen molar-refractivity contribution < 1.29 is 19.1 Å². The third-order valence-electron chi connectivity index (χ3n) is 4.50. The molecular formula is C21H22N4O4. The number of methoxy groups -OCH3 is 1. The number of nitrogens with zero attached hydrogens (tertiary/aromatic N) is 2. The number of aromatic nitrogens is 2. The minimum Gasteiger partial charge on any atom is -0.465 e. The monoisotopic (exact) mass is 394 g/mol. The van der Waals surface area contributed by atoms with E-state index in [1.165, 1.54) is 13.2 Å². The third kappa shape index (κ3) is 4.26. The Morgan fingerprint density at radius 2 is 1.93 bits per heavy atom. The number of nitrogens with one attached hydrogen (secondary N) is 2. The summed E-state index contributed by atoms with van der Waals surface area (Å²) in [6.45, 7) is 3.87. The van der Waals surface area contributed by atoms with E-state index in [4.69, 9.17) is 4.74 Å². The first-order chi connectivity index (χ1) is 13.9. The average Bonchev–Trinajstić information content (AvgIpc) is 3.13. The van der Waals surface area contributed by atoms with E-state index in [1.54, 1.807) is 47.0 Å². The highest BCUT2D eigenvalue weighted by Gasteiger charge is 2.22. The number of hydrogen-bond acceptors (Lipinski definition) is 5. The number of ether oxygens (including phenoxy) is 1. The van der Waals surface area contributed by atoms with Crippen molar-refractivity contribution in [2.75, 3.05) is 12.4 Å². The van der Waals surface area contributed by atoms with E-state index in [-0.39, 0.29) is 23.5 Å². The van der Waals surface area contributed by atoms with Gasteiger partial charge >= 0.3 is 5.97 Å².